The lowest BCUT2D eigenvalue weighted by Gasteiger charge is -2.11. The fraction of sp³-hybridized carbons (Fsp3) is 0.438. The molecule has 0 heterocycles. The molecule has 2 nitrogen and oxygen atoms in total. The van der Waals surface area contributed by atoms with Crippen LogP contribution in [0.4, 0.5) is 0 Å². The van der Waals surface area contributed by atoms with Gasteiger partial charge in [-0.3, -0.25) is 0 Å². The Bertz CT molecular complexity index is 473. The van der Waals surface area contributed by atoms with Crippen LogP contribution in [0.3, 0.4) is 0 Å². The van der Waals surface area contributed by atoms with E-state index in [0.717, 1.165) is 24.0 Å². The number of carbonyl (C=O) groups is 1. The van der Waals surface area contributed by atoms with Gasteiger partial charge in [-0.15, -0.1) is 5.92 Å². The molecule has 0 bridgehead atoms. The van der Waals surface area contributed by atoms with Crippen LogP contribution in [-0.2, 0) is 9.53 Å². The molecule has 0 spiro atoms. The molecule has 1 aliphatic rings. The van der Waals surface area contributed by atoms with Gasteiger partial charge >= 0.3 is 5.97 Å². The van der Waals surface area contributed by atoms with Crippen LogP contribution in [0.5, 0.6) is 0 Å². The van der Waals surface area contributed by atoms with Crippen molar-refractivity contribution in [3.05, 3.63) is 23.3 Å². The van der Waals surface area contributed by atoms with Gasteiger partial charge in [0.25, 0.3) is 0 Å². The van der Waals surface area contributed by atoms with Crippen LogP contribution in [0.1, 0.15) is 39.5 Å². The van der Waals surface area contributed by atoms with Crippen molar-refractivity contribution in [2.24, 2.45) is 0 Å². The van der Waals surface area contributed by atoms with Gasteiger partial charge in [-0.05, 0) is 45.6 Å². The first-order valence-electron chi connectivity index (χ1n) is 6.27. The molecule has 0 aromatic rings. The molecule has 1 rings (SSSR count). The van der Waals surface area contributed by atoms with Crippen LogP contribution in [-0.4, -0.2) is 12.6 Å². The lowest BCUT2D eigenvalue weighted by Crippen LogP contribution is -1.98. The van der Waals surface area contributed by atoms with Crippen LogP contribution in [0, 0.1) is 23.7 Å². The lowest BCUT2D eigenvalue weighted by molar-refractivity contribution is -0.137. The first-order chi connectivity index (χ1) is 8.77. The van der Waals surface area contributed by atoms with E-state index in [1.807, 2.05) is 6.92 Å². The smallest absolute Gasteiger partial charge is 0.331 e. The van der Waals surface area contributed by atoms with Crippen molar-refractivity contribution in [1.29, 1.82) is 0 Å². The monoisotopic (exact) mass is 242 g/mol. The van der Waals surface area contributed by atoms with E-state index in [-0.39, 0.29) is 5.97 Å². The summed E-state index contributed by atoms with van der Waals surface area (Å²) in [6.45, 7) is 4.01. The van der Waals surface area contributed by atoms with Crippen molar-refractivity contribution >= 4 is 5.97 Å². The van der Waals surface area contributed by atoms with E-state index in [1.165, 1.54) is 25.0 Å². The third kappa shape index (κ3) is 4.93. The maximum atomic E-state index is 11.0. The molecule has 2 heteroatoms. The Morgan fingerprint density at radius 2 is 1.94 bits per heavy atom. The summed E-state index contributed by atoms with van der Waals surface area (Å²) in [6, 6.07) is 0. The molecule has 0 aliphatic heterocycles. The number of allylic oxidation sites excluding steroid dienone is 3. The van der Waals surface area contributed by atoms with Crippen molar-refractivity contribution in [1.82, 2.24) is 0 Å². The van der Waals surface area contributed by atoms with Gasteiger partial charge in [-0.1, -0.05) is 17.8 Å². The molecule has 0 fully saturated rings. The molecule has 18 heavy (non-hydrogen) atoms. The van der Waals surface area contributed by atoms with E-state index in [4.69, 9.17) is 4.74 Å². The molecule has 94 valence electrons. The van der Waals surface area contributed by atoms with E-state index in [0.29, 0.717) is 6.61 Å². The van der Waals surface area contributed by atoms with E-state index >= 15 is 0 Å². The molecule has 0 saturated heterocycles. The highest BCUT2D eigenvalue weighted by atomic mass is 16.5. The molecule has 0 aromatic carbocycles. The highest BCUT2D eigenvalue weighted by molar-refractivity contribution is 5.82. The Morgan fingerprint density at radius 3 is 2.56 bits per heavy atom. The van der Waals surface area contributed by atoms with E-state index in [2.05, 4.69) is 23.7 Å². The molecule has 1 aliphatic carbocycles. The van der Waals surface area contributed by atoms with E-state index < -0.39 is 0 Å². The molecule has 0 saturated carbocycles. The second kappa shape index (κ2) is 8.20. The lowest BCUT2D eigenvalue weighted by atomic mass is 9.92. The summed E-state index contributed by atoms with van der Waals surface area (Å²) in [7, 11) is 0. The van der Waals surface area contributed by atoms with Gasteiger partial charge < -0.3 is 4.74 Å². The van der Waals surface area contributed by atoms with Gasteiger partial charge in [0.1, 0.15) is 0 Å². The van der Waals surface area contributed by atoms with Crippen molar-refractivity contribution in [3.63, 3.8) is 0 Å². The van der Waals surface area contributed by atoms with Gasteiger partial charge in [0.05, 0.1) is 6.61 Å². The molecule has 0 radical (unpaired) electrons. The Labute approximate surface area is 109 Å². The topological polar surface area (TPSA) is 26.3 Å². The Balaban J connectivity index is 2.70. The zero-order chi connectivity index (χ0) is 13.2. The summed E-state index contributed by atoms with van der Waals surface area (Å²) in [4.78, 5) is 11.0. The third-order valence-corrected chi connectivity index (χ3v) is 2.56. The van der Waals surface area contributed by atoms with Crippen LogP contribution in [0.2, 0.25) is 0 Å². The highest BCUT2D eigenvalue weighted by Crippen LogP contribution is 2.23. The zero-order valence-electron chi connectivity index (χ0n) is 11.0. The molecule has 0 N–H and O–H groups in total. The average Bonchev–Trinajstić information content (AvgIpc) is 2.37. The van der Waals surface area contributed by atoms with Crippen LogP contribution < -0.4 is 0 Å². The number of carbonyl (C=O) groups excluding carboxylic acids is 1. The maximum Gasteiger partial charge on any atom is 0.331 e. The summed E-state index contributed by atoms with van der Waals surface area (Å²) >= 11 is 0. The molecule has 0 aromatic heterocycles. The number of esters is 1. The summed E-state index contributed by atoms with van der Waals surface area (Å²) in [5.74, 6) is 11.7. The van der Waals surface area contributed by atoms with Crippen molar-refractivity contribution in [2.45, 2.75) is 39.5 Å². The number of hydrogen-bond donors (Lipinski definition) is 0. The molecular weight excluding hydrogens is 224 g/mol. The van der Waals surface area contributed by atoms with Gasteiger partial charge in [0, 0.05) is 17.2 Å². The van der Waals surface area contributed by atoms with E-state index in [1.54, 1.807) is 6.92 Å². The maximum absolute atomic E-state index is 11.0. The Hall–Kier alpha value is -1.93. The normalized spacial score (nSPS) is 14.6. The highest BCUT2D eigenvalue weighted by Gasteiger charge is 2.08. The fourth-order valence-corrected chi connectivity index (χ4v) is 1.76. The summed E-state index contributed by atoms with van der Waals surface area (Å²) in [6.07, 6.45) is 7.26. The molecule has 0 amide bonds. The minimum Gasteiger partial charge on any atom is -0.463 e. The predicted octanol–water partition coefficient (Wildman–Crippen LogP) is 3.00. The second-order valence-electron chi connectivity index (χ2n) is 3.89. The fourth-order valence-electron chi connectivity index (χ4n) is 1.76. The summed E-state index contributed by atoms with van der Waals surface area (Å²) in [5.41, 5.74) is 2.27. The minimum atomic E-state index is -0.349. The van der Waals surface area contributed by atoms with Crippen molar-refractivity contribution in [2.75, 3.05) is 6.61 Å². The Morgan fingerprint density at radius 1 is 1.28 bits per heavy atom. The molecular formula is C16H18O2. The largest absolute Gasteiger partial charge is 0.463 e. The quantitative estimate of drug-likeness (QED) is 0.423. The third-order valence-electron chi connectivity index (χ3n) is 2.56. The molecule has 0 unspecified atom stereocenters. The predicted molar refractivity (Wildman–Crippen MR) is 72.5 cm³/mol. The van der Waals surface area contributed by atoms with Crippen LogP contribution in [0.15, 0.2) is 23.3 Å². The SMILES string of the molecule is CC#CC1=C(C#C/C=C/C(=O)OCC)CCCC1. The summed E-state index contributed by atoms with van der Waals surface area (Å²) < 4.78 is 4.77. The Kier molecular flexibility index (Phi) is 6.44. The first kappa shape index (κ1) is 14.1. The van der Waals surface area contributed by atoms with Gasteiger partial charge in [0.15, 0.2) is 0 Å². The van der Waals surface area contributed by atoms with Gasteiger partial charge in [-0.2, -0.15) is 0 Å². The minimum absolute atomic E-state index is 0.349. The number of rotatable bonds is 2. The average molecular weight is 242 g/mol. The molecule has 0 atom stereocenters. The van der Waals surface area contributed by atoms with Crippen molar-refractivity contribution in [3.8, 4) is 23.7 Å². The first-order valence-corrected chi connectivity index (χ1v) is 6.27. The van der Waals surface area contributed by atoms with Gasteiger partial charge in [0.2, 0.25) is 0 Å². The van der Waals surface area contributed by atoms with Crippen molar-refractivity contribution < 1.29 is 9.53 Å². The van der Waals surface area contributed by atoms with Crippen LogP contribution in [0.25, 0.3) is 0 Å². The van der Waals surface area contributed by atoms with E-state index in [9.17, 15) is 4.79 Å². The summed E-state index contributed by atoms with van der Waals surface area (Å²) in [5, 5.41) is 0. The van der Waals surface area contributed by atoms with Crippen LogP contribution >= 0.6 is 0 Å². The number of ether oxygens (including phenoxy) is 1. The number of hydrogen-bond acceptors (Lipinski definition) is 2. The second-order valence-corrected chi connectivity index (χ2v) is 3.89. The van der Waals surface area contributed by atoms with Gasteiger partial charge in [-0.25, -0.2) is 4.79 Å². The zero-order valence-corrected chi connectivity index (χ0v) is 11.0. The standard InChI is InChI=1S/C16H18O2/c1-3-9-14-10-5-6-11-15(14)12-7-8-13-16(17)18-4-2/h8,13H,4-6,10-11H2,1-2H3/b13-8+.